The first kappa shape index (κ1) is 16.1. The van der Waals surface area contributed by atoms with E-state index in [-0.39, 0.29) is 0 Å². The Hall–Kier alpha value is -1.80. The monoisotopic (exact) mass is 309 g/mol. The van der Waals surface area contributed by atoms with E-state index in [9.17, 15) is 0 Å². The highest BCUT2D eigenvalue weighted by molar-refractivity contribution is 5.38. The van der Waals surface area contributed by atoms with Crippen molar-refractivity contribution in [1.29, 1.82) is 0 Å². The Morgan fingerprint density at radius 1 is 1.09 bits per heavy atom. The molecule has 2 aromatic rings. The van der Waals surface area contributed by atoms with Gasteiger partial charge in [0.1, 0.15) is 5.75 Å². The van der Waals surface area contributed by atoms with Gasteiger partial charge < -0.3 is 10.1 Å². The molecular formula is C21H27NO. The molecule has 122 valence electrons. The molecule has 0 spiro atoms. The van der Waals surface area contributed by atoms with Crippen LogP contribution in [0.3, 0.4) is 0 Å². The van der Waals surface area contributed by atoms with E-state index in [4.69, 9.17) is 4.74 Å². The van der Waals surface area contributed by atoms with Crippen molar-refractivity contribution in [3.05, 3.63) is 64.7 Å². The zero-order valence-corrected chi connectivity index (χ0v) is 14.3. The standard InChI is InChI=1S/C21H27NO/c1-16-5-3-6-17(11-16)12-18(14-22-2)15-23-21-10-9-19-7-4-8-20(19)13-21/h3,5-6,9-11,13,18,22H,4,7-8,12,14-15H2,1-2H3. The van der Waals surface area contributed by atoms with Crippen LogP contribution in [0.25, 0.3) is 0 Å². The second kappa shape index (κ2) is 7.65. The first-order valence-electron chi connectivity index (χ1n) is 8.69. The molecule has 23 heavy (non-hydrogen) atoms. The molecule has 2 heteroatoms. The topological polar surface area (TPSA) is 21.3 Å². The molecule has 1 N–H and O–H groups in total. The summed E-state index contributed by atoms with van der Waals surface area (Å²) in [5.41, 5.74) is 5.70. The van der Waals surface area contributed by atoms with Gasteiger partial charge in [0.25, 0.3) is 0 Å². The quantitative estimate of drug-likeness (QED) is 0.836. The molecule has 0 amide bonds. The van der Waals surface area contributed by atoms with E-state index in [1.165, 1.54) is 41.5 Å². The van der Waals surface area contributed by atoms with Crippen molar-refractivity contribution in [2.45, 2.75) is 32.6 Å². The number of hydrogen-bond acceptors (Lipinski definition) is 2. The fourth-order valence-corrected chi connectivity index (χ4v) is 3.50. The van der Waals surface area contributed by atoms with Gasteiger partial charge in [0.05, 0.1) is 6.61 Å². The largest absolute Gasteiger partial charge is 0.493 e. The van der Waals surface area contributed by atoms with E-state index >= 15 is 0 Å². The molecule has 0 bridgehead atoms. The van der Waals surface area contributed by atoms with Crippen LogP contribution < -0.4 is 10.1 Å². The number of rotatable bonds is 7. The third-order valence-electron chi connectivity index (χ3n) is 4.66. The fourth-order valence-electron chi connectivity index (χ4n) is 3.50. The molecule has 2 aromatic carbocycles. The predicted octanol–water partition coefficient (Wildman–Crippen LogP) is 3.94. The molecule has 0 saturated carbocycles. The molecule has 1 atom stereocenters. The maximum Gasteiger partial charge on any atom is 0.119 e. The zero-order chi connectivity index (χ0) is 16.1. The molecule has 0 saturated heterocycles. The van der Waals surface area contributed by atoms with Crippen molar-refractivity contribution < 1.29 is 4.74 Å². The lowest BCUT2D eigenvalue weighted by Crippen LogP contribution is -2.26. The third-order valence-corrected chi connectivity index (χ3v) is 4.66. The van der Waals surface area contributed by atoms with Gasteiger partial charge in [-0.1, -0.05) is 35.9 Å². The minimum atomic E-state index is 0.482. The molecule has 0 aromatic heterocycles. The summed E-state index contributed by atoms with van der Waals surface area (Å²) in [5.74, 6) is 1.51. The zero-order valence-electron chi connectivity index (χ0n) is 14.3. The summed E-state index contributed by atoms with van der Waals surface area (Å²) in [7, 11) is 2.01. The minimum Gasteiger partial charge on any atom is -0.493 e. The Balaban J connectivity index is 1.61. The van der Waals surface area contributed by atoms with Gasteiger partial charge in [-0.05, 0) is 68.5 Å². The first-order chi connectivity index (χ1) is 11.2. The number of hydrogen-bond donors (Lipinski definition) is 1. The summed E-state index contributed by atoms with van der Waals surface area (Å²) < 4.78 is 6.11. The number of nitrogens with one attached hydrogen (secondary N) is 1. The average Bonchev–Trinajstić information content (AvgIpc) is 3.00. The van der Waals surface area contributed by atoms with Crippen molar-refractivity contribution in [1.82, 2.24) is 5.32 Å². The predicted molar refractivity (Wildman–Crippen MR) is 96.3 cm³/mol. The summed E-state index contributed by atoms with van der Waals surface area (Å²) >= 11 is 0. The smallest absolute Gasteiger partial charge is 0.119 e. The lowest BCUT2D eigenvalue weighted by molar-refractivity contribution is 0.245. The Labute approximate surface area is 139 Å². The molecule has 2 nitrogen and oxygen atoms in total. The van der Waals surface area contributed by atoms with Gasteiger partial charge in [0.15, 0.2) is 0 Å². The maximum atomic E-state index is 6.11. The van der Waals surface area contributed by atoms with E-state index in [2.05, 4.69) is 54.7 Å². The van der Waals surface area contributed by atoms with E-state index in [1.807, 2.05) is 7.05 Å². The van der Waals surface area contributed by atoms with E-state index in [0.717, 1.165) is 25.3 Å². The third kappa shape index (κ3) is 4.35. The van der Waals surface area contributed by atoms with Gasteiger partial charge in [0.2, 0.25) is 0 Å². The van der Waals surface area contributed by atoms with Crippen LogP contribution in [0, 0.1) is 12.8 Å². The SMILES string of the molecule is CNCC(COc1ccc2c(c1)CCC2)Cc1cccc(C)c1. The molecule has 1 aliphatic rings. The highest BCUT2D eigenvalue weighted by Crippen LogP contribution is 2.26. The molecular weight excluding hydrogens is 282 g/mol. The van der Waals surface area contributed by atoms with Gasteiger partial charge in [-0.25, -0.2) is 0 Å². The lowest BCUT2D eigenvalue weighted by atomic mass is 9.99. The fraction of sp³-hybridized carbons (Fsp3) is 0.429. The van der Waals surface area contributed by atoms with Crippen LogP contribution in [-0.2, 0) is 19.3 Å². The van der Waals surface area contributed by atoms with E-state index < -0.39 is 0 Å². The molecule has 0 aliphatic heterocycles. The number of aryl methyl sites for hydroxylation is 3. The van der Waals surface area contributed by atoms with Crippen molar-refractivity contribution in [2.24, 2.45) is 5.92 Å². The molecule has 0 fully saturated rings. The summed E-state index contributed by atoms with van der Waals surface area (Å²) in [5, 5.41) is 3.30. The van der Waals surface area contributed by atoms with Crippen LogP contribution in [0.1, 0.15) is 28.7 Å². The molecule has 1 aliphatic carbocycles. The number of benzene rings is 2. The Kier molecular flexibility index (Phi) is 5.35. The highest BCUT2D eigenvalue weighted by atomic mass is 16.5. The van der Waals surface area contributed by atoms with Crippen LogP contribution in [0.15, 0.2) is 42.5 Å². The molecule has 0 radical (unpaired) electrons. The van der Waals surface area contributed by atoms with Crippen molar-refractivity contribution in [3.8, 4) is 5.75 Å². The Bertz CT molecular complexity index is 650. The Morgan fingerprint density at radius 2 is 1.96 bits per heavy atom. The minimum absolute atomic E-state index is 0.482. The van der Waals surface area contributed by atoms with Gasteiger partial charge in [-0.2, -0.15) is 0 Å². The second-order valence-corrected chi connectivity index (χ2v) is 6.71. The Morgan fingerprint density at radius 3 is 2.78 bits per heavy atom. The van der Waals surface area contributed by atoms with Gasteiger partial charge in [0, 0.05) is 12.5 Å². The van der Waals surface area contributed by atoms with Crippen molar-refractivity contribution in [3.63, 3.8) is 0 Å². The van der Waals surface area contributed by atoms with Crippen LogP contribution in [-0.4, -0.2) is 20.2 Å². The number of fused-ring (bicyclic) bond motifs is 1. The highest BCUT2D eigenvalue weighted by Gasteiger charge is 2.13. The van der Waals surface area contributed by atoms with Crippen molar-refractivity contribution in [2.75, 3.05) is 20.2 Å². The second-order valence-electron chi connectivity index (χ2n) is 6.71. The van der Waals surface area contributed by atoms with E-state index in [0.29, 0.717) is 5.92 Å². The normalized spacial score (nSPS) is 14.5. The maximum absolute atomic E-state index is 6.11. The van der Waals surface area contributed by atoms with Crippen LogP contribution >= 0.6 is 0 Å². The summed E-state index contributed by atoms with van der Waals surface area (Å²) in [4.78, 5) is 0. The molecule has 3 rings (SSSR count). The summed E-state index contributed by atoms with van der Waals surface area (Å²) in [6, 6.07) is 15.4. The van der Waals surface area contributed by atoms with Gasteiger partial charge in [-0.3, -0.25) is 0 Å². The first-order valence-corrected chi connectivity index (χ1v) is 8.69. The molecule has 0 heterocycles. The van der Waals surface area contributed by atoms with Gasteiger partial charge in [-0.15, -0.1) is 0 Å². The van der Waals surface area contributed by atoms with E-state index in [1.54, 1.807) is 0 Å². The number of ether oxygens (including phenoxy) is 1. The molecule has 1 unspecified atom stereocenters. The van der Waals surface area contributed by atoms with Crippen LogP contribution in [0.4, 0.5) is 0 Å². The average molecular weight is 309 g/mol. The summed E-state index contributed by atoms with van der Waals surface area (Å²) in [6.07, 6.45) is 4.77. The summed E-state index contributed by atoms with van der Waals surface area (Å²) in [6.45, 7) is 3.88. The van der Waals surface area contributed by atoms with Crippen LogP contribution in [0.2, 0.25) is 0 Å². The lowest BCUT2D eigenvalue weighted by Gasteiger charge is -2.18. The van der Waals surface area contributed by atoms with Crippen LogP contribution in [0.5, 0.6) is 5.75 Å². The van der Waals surface area contributed by atoms with Gasteiger partial charge >= 0.3 is 0 Å². The van der Waals surface area contributed by atoms with Crippen molar-refractivity contribution >= 4 is 0 Å².